The molecule has 174 valence electrons. The highest BCUT2D eigenvalue weighted by atomic mass is 35.5. The van der Waals surface area contributed by atoms with Crippen molar-refractivity contribution < 1.29 is 4.79 Å². The molecular weight excluding hydrogens is 472 g/mol. The Balaban J connectivity index is 1.37. The molecule has 0 bridgehead atoms. The number of amides is 1. The lowest BCUT2D eigenvalue weighted by molar-refractivity contribution is -0.133. The Morgan fingerprint density at radius 3 is 2.32 bits per heavy atom. The van der Waals surface area contributed by atoms with Gasteiger partial charge in [0.25, 0.3) is 5.56 Å². The predicted molar refractivity (Wildman–Crippen MR) is 135 cm³/mol. The molecule has 5 rings (SSSR count). The van der Waals surface area contributed by atoms with Crippen molar-refractivity contribution in [1.29, 1.82) is 0 Å². The van der Waals surface area contributed by atoms with Crippen LogP contribution in [0.15, 0.2) is 75.6 Å². The number of hydrogen-bond acceptors (Lipinski definition) is 5. The lowest BCUT2D eigenvalue weighted by atomic mass is 10.2. The van der Waals surface area contributed by atoms with Crippen molar-refractivity contribution in [3.8, 4) is 5.69 Å². The van der Waals surface area contributed by atoms with Crippen LogP contribution in [-0.2, 0) is 17.9 Å². The molecule has 1 saturated heterocycles. The smallest absolute Gasteiger partial charge is 0.336 e. The summed E-state index contributed by atoms with van der Waals surface area (Å²) in [5.41, 5.74) is 1.23. The number of aromatic nitrogens is 2. The number of benzene rings is 2. The Morgan fingerprint density at radius 2 is 1.62 bits per heavy atom. The minimum absolute atomic E-state index is 0.112. The number of hydrogen-bond donors (Lipinski definition) is 0. The van der Waals surface area contributed by atoms with Crippen LogP contribution < -0.4 is 11.2 Å². The number of rotatable bonds is 5. The van der Waals surface area contributed by atoms with Gasteiger partial charge in [0.1, 0.15) is 11.2 Å². The summed E-state index contributed by atoms with van der Waals surface area (Å²) in [6, 6.07) is 18.5. The fourth-order valence-corrected chi connectivity index (χ4v) is 5.24. The predicted octanol–water partition coefficient (Wildman–Crippen LogP) is 3.21. The minimum Gasteiger partial charge on any atom is -0.339 e. The summed E-state index contributed by atoms with van der Waals surface area (Å²) in [4.78, 5) is 43.7. The highest BCUT2D eigenvalue weighted by molar-refractivity contribution is 7.17. The highest BCUT2D eigenvalue weighted by Gasteiger charge is 2.24. The van der Waals surface area contributed by atoms with Crippen LogP contribution in [0.2, 0.25) is 5.02 Å². The van der Waals surface area contributed by atoms with Crippen molar-refractivity contribution in [3.05, 3.63) is 97.5 Å². The third-order valence-electron chi connectivity index (χ3n) is 6.11. The molecule has 0 N–H and O–H groups in total. The Kier molecular flexibility index (Phi) is 6.36. The topological polar surface area (TPSA) is 67.5 Å². The van der Waals surface area contributed by atoms with Crippen LogP contribution in [0.5, 0.6) is 0 Å². The molecular formula is C25H23ClN4O3S. The van der Waals surface area contributed by atoms with E-state index in [1.165, 1.54) is 21.5 Å². The standard InChI is InChI=1S/C25H23ClN4O3S/c26-19-6-8-20(9-7-19)30-24(32)23-21(10-15-34-23)29(25(30)33)17-22(31)28-13-11-27(12-14-28)16-18-4-2-1-3-5-18/h1-10,15H,11-14,16-17H2. The van der Waals surface area contributed by atoms with Crippen molar-refractivity contribution in [2.24, 2.45) is 0 Å². The van der Waals surface area contributed by atoms with E-state index in [1.807, 2.05) is 18.2 Å². The monoisotopic (exact) mass is 494 g/mol. The SMILES string of the molecule is O=C(Cn1c(=O)n(-c2ccc(Cl)cc2)c(=O)c2sccc21)N1CCN(Cc2ccccc2)CC1. The molecule has 1 amide bonds. The van der Waals surface area contributed by atoms with E-state index < -0.39 is 11.2 Å². The molecule has 0 atom stereocenters. The summed E-state index contributed by atoms with van der Waals surface area (Å²) >= 11 is 7.24. The van der Waals surface area contributed by atoms with Crippen LogP contribution in [0.25, 0.3) is 15.9 Å². The van der Waals surface area contributed by atoms with E-state index >= 15 is 0 Å². The number of halogens is 1. The van der Waals surface area contributed by atoms with Crippen LogP contribution in [-0.4, -0.2) is 51.0 Å². The van der Waals surface area contributed by atoms with E-state index in [4.69, 9.17) is 11.6 Å². The van der Waals surface area contributed by atoms with Crippen molar-refractivity contribution in [2.75, 3.05) is 26.2 Å². The van der Waals surface area contributed by atoms with Crippen LogP contribution in [0.4, 0.5) is 0 Å². The number of fused-ring (bicyclic) bond motifs is 1. The number of nitrogens with zero attached hydrogens (tertiary/aromatic N) is 4. The second kappa shape index (κ2) is 9.58. The van der Waals surface area contributed by atoms with Crippen LogP contribution >= 0.6 is 22.9 Å². The van der Waals surface area contributed by atoms with Gasteiger partial charge in [0.05, 0.1) is 11.2 Å². The van der Waals surface area contributed by atoms with Gasteiger partial charge in [-0.05, 0) is 41.3 Å². The Bertz CT molecular complexity index is 1440. The van der Waals surface area contributed by atoms with Gasteiger partial charge in [-0.15, -0.1) is 11.3 Å². The minimum atomic E-state index is -0.533. The number of carbonyl (C=O) groups is 1. The maximum absolute atomic E-state index is 13.4. The maximum atomic E-state index is 13.4. The zero-order valence-corrected chi connectivity index (χ0v) is 20.0. The first-order chi connectivity index (χ1) is 16.5. The summed E-state index contributed by atoms with van der Waals surface area (Å²) in [5, 5.41) is 2.28. The molecule has 3 heterocycles. The number of piperazine rings is 1. The molecule has 1 aliphatic heterocycles. The molecule has 0 aliphatic carbocycles. The first kappa shape index (κ1) is 22.6. The lowest BCUT2D eigenvalue weighted by Gasteiger charge is -2.35. The zero-order chi connectivity index (χ0) is 23.7. The van der Waals surface area contributed by atoms with Gasteiger partial charge < -0.3 is 4.90 Å². The number of carbonyl (C=O) groups excluding carboxylic acids is 1. The molecule has 0 unspecified atom stereocenters. The van der Waals surface area contributed by atoms with Gasteiger partial charge in [-0.2, -0.15) is 0 Å². The quantitative estimate of drug-likeness (QED) is 0.427. The molecule has 34 heavy (non-hydrogen) atoms. The van der Waals surface area contributed by atoms with E-state index in [1.54, 1.807) is 40.6 Å². The second-order valence-electron chi connectivity index (χ2n) is 8.26. The number of thiophene rings is 1. The van der Waals surface area contributed by atoms with E-state index in [-0.39, 0.29) is 12.5 Å². The van der Waals surface area contributed by atoms with Gasteiger partial charge in [0, 0.05) is 37.7 Å². The highest BCUT2D eigenvalue weighted by Crippen LogP contribution is 2.18. The molecule has 0 saturated carbocycles. The fraction of sp³-hybridized carbons (Fsp3) is 0.240. The van der Waals surface area contributed by atoms with Crippen molar-refractivity contribution in [2.45, 2.75) is 13.1 Å². The summed E-state index contributed by atoms with van der Waals surface area (Å²) in [6.45, 7) is 3.48. The fourth-order valence-electron chi connectivity index (χ4n) is 4.29. The van der Waals surface area contributed by atoms with Gasteiger partial charge in [0.15, 0.2) is 0 Å². The lowest BCUT2D eigenvalue weighted by Crippen LogP contribution is -2.50. The Morgan fingerprint density at radius 1 is 0.912 bits per heavy atom. The van der Waals surface area contributed by atoms with Crippen LogP contribution in [0, 0.1) is 0 Å². The van der Waals surface area contributed by atoms with Crippen LogP contribution in [0.1, 0.15) is 5.56 Å². The molecule has 1 aliphatic rings. The Labute approximate surface area is 205 Å². The van der Waals surface area contributed by atoms with E-state index in [0.717, 1.165) is 24.2 Å². The average molecular weight is 495 g/mol. The molecule has 0 spiro atoms. The molecule has 7 nitrogen and oxygen atoms in total. The summed E-state index contributed by atoms with van der Waals surface area (Å²) in [6.07, 6.45) is 0. The third kappa shape index (κ3) is 4.44. The van der Waals surface area contributed by atoms with Gasteiger partial charge >= 0.3 is 5.69 Å². The third-order valence-corrected chi connectivity index (χ3v) is 7.25. The normalized spacial score (nSPS) is 14.6. The van der Waals surface area contributed by atoms with Gasteiger partial charge in [-0.1, -0.05) is 41.9 Å². The molecule has 2 aromatic carbocycles. The first-order valence-corrected chi connectivity index (χ1v) is 12.3. The molecule has 2 aromatic heterocycles. The molecule has 4 aromatic rings. The van der Waals surface area contributed by atoms with Crippen molar-refractivity contribution in [3.63, 3.8) is 0 Å². The zero-order valence-electron chi connectivity index (χ0n) is 18.4. The first-order valence-electron chi connectivity index (χ1n) is 11.0. The maximum Gasteiger partial charge on any atom is 0.336 e. The molecule has 9 heteroatoms. The van der Waals surface area contributed by atoms with Gasteiger partial charge in [0.2, 0.25) is 5.91 Å². The Hall–Kier alpha value is -3.20. The molecule has 1 fully saturated rings. The largest absolute Gasteiger partial charge is 0.339 e. The van der Waals surface area contributed by atoms with Crippen LogP contribution in [0.3, 0.4) is 0 Å². The average Bonchev–Trinajstić information content (AvgIpc) is 3.34. The van der Waals surface area contributed by atoms with Gasteiger partial charge in [-0.3, -0.25) is 19.1 Å². The van der Waals surface area contributed by atoms with E-state index in [2.05, 4.69) is 17.0 Å². The van der Waals surface area contributed by atoms with Gasteiger partial charge in [-0.25, -0.2) is 9.36 Å². The van der Waals surface area contributed by atoms with E-state index in [0.29, 0.717) is 34.0 Å². The summed E-state index contributed by atoms with van der Waals surface area (Å²) in [7, 11) is 0. The second-order valence-corrected chi connectivity index (χ2v) is 9.62. The van der Waals surface area contributed by atoms with Crippen molar-refractivity contribution >= 4 is 39.1 Å². The summed E-state index contributed by atoms with van der Waals surface area (Å²) < 4.78 is 2.95. The summed E-state index contributed by atoms with van der Waals surface area (Å²) in [5.74, 6) is -0.129. The van der Waals surface area contributed by atoms with Crippen molar-refractivity contribution in [1.82, 2.24) is 18.9 Å². The molecule has 0 radical (unpaired) electrons. The van der Waals surface area contributed by atoms with E-state index in [9.17, 15) is 14.4 Å².